The highest BCUT2D eigenvalue weighted by Gasteiger charge is 2.30. The van der Waals surface area contributed by atoms with Crippen LogP contribution in [0, 0.1) is 5.92 Å². The highest BCUT2D eigenvalue weighted by atomic mass is 19.4. The summed E-state index contributed by atoms with van der Waals surface area (Å²) in [5, 5.41) is 6.36. The first kappa shape index (κ1) is 22.5. The van der Waals surface area contributed by atoms with Gasteiger partial charge in [0, 0.05) is 52.9 Å². The molecule has 0 aliphatic carbocycles. The van der Waals surface area contributed by atoms with Gasteiger partial charge >= 0.3 is 6.18 Å². The van der Waals surface area contributed by atoms with E-state index in [1.165, 1.54) is 12.1 Å². The van der Waals surface area contributed by atoms with Crippen molar-refractivity contribution in [2.75, 3.05) is 52.9 Å². The maximum atomic E-state index is 12.8. The van der Waals surface area contributed by atoms with Crippen LogP contribution in [0.2, 0.25) is 0 Å². The fraction of sp³-hybridized carbons (Fsp3) is 0.650. The monoisotopic (exact) mass is 399 g/mol. The summed E-state index contributed by atoms with van der Waals surface area (Å²) >= 11 is 0. The molecule has 5 nitrogen and oxygen atoms in total. The molecule has 2 rings (SSSR count). The summed E-state index contributed by atoms with van der Waals surface area (Å²) in [6.45, 7) is 12.0. The Balaban J connectivity index is 1.74. The van der Waals surface area contributed by atoms with Crippen LogP contribution in [0.3, 0.4) is 0 Å². The summed E-state index contributed by atoms with van der Waals surface area (Å²) in [7, 11) is 1.66. The number of halogens is 3. The fourth-order valence-corrected chi connectivity index (χ4v) is 3.33. The molecule has 8 heteroatoms. The molecule has 0 radical (unpaired) electrons. The molecule has 1 saturated heterocycles. The fourth-order valence-electron chi connectivity index (χ4n) is 3.33. The van der Waals surface area contributed by atoms with Gasteiger partial charge in [-0.1, -0.05) is 26.0 Å². The number of hydrogen-bond acceptors (Lipinski definition) is 3. The van der Waals surface area contributed by atoms with Crippen molar-refractivity contribution in [3.8, 4) is 0 Å². The Labute approximate surface area is 166 Å². The number of nitrogens with zero attached hydrogens (tertiary/aromatic N) is 3. The number of aliphatic imine (C=N–C) groups is 1. The summed E-state index contributed by atoms with van der Waals surface area (Å²) < 4.78 is 38.4. The van der Waals surface area contributed by atoms with Crippen LogP contribution in [0.25, 0.3) is 0 Å². The van der Waals surface area contributed by atoms with E-state index in [1.807, 2.05) is 0 Å². The van der Waals surface area contributed by atoms with Gasteiger partial charge in [0.15, 0.2) is 5.96 Å². The van der Waals surface area contributed by atoms with Crippen LogP contribution in [0.4, 0.5) is 13.2 Å². The molecule has 0 amide bonds. The van der Waals surface area contributed by atoms with Crippen LogP contribution in [-0.4, -0.2) is 68.6 Å². The number of hydrogen-bond donors (Lipinski definition) is 2. The third-order valence-electron chi connectivity index (χ3n) is 5.04. The largest absolute Gasteiger partial charge is 0.416 e. The highest BCUT2D eigenvalue weighted by molar-refractivity contribution is 5.79. The molecule has 2 N–H and O–H groups in total. The first-order chi connectivity index (χ1) is 13.3. The van der Waals surface area contributed by atoms with Crippen molar-refractivity contribution < 1.29 is 13.2 Å². The van der Waals surface area contributed by atoms with Gasteiger partial charge in [-0.05, 0) is 30.2 Å². The molecule has 28 heavy (non-hydrogen) atoms. The van der Waals surface area contributed by atoms with E-state index in [-0.39, 0.29) is 6.54 Å². The van der Waals surface area contributed by atoms with Crippen molar-refractivity contribution in [2.45, 2.75) is 26.6 Å². The molecule has 1 aliphatic rings. The zero-order valence-corrected chi connectivity index (χ0v) is 17.0. The molecule has 1 aliphatic heterocycles. The molecule has 0 spiro atoms. The van der Waals surface area contributed by atoms with E-state index in [9.17, 15) is 13.2 Å². The maximum Gasteiger partial charge on any atom is 0.416 e. The number of guanidine groups is 1. The summed E-state index contributed by atoms with van der Waals surface area (Å²) in [6, 6.07) is 5.35. The minimum absolute atomic E-state index is 0.289. The van der Waals surface area contributed by atoms with Gasteiger partial charge in [-0.15, -0.1) is 0 Å². The molecule has 1 aromatic rings. The van der Waals surface area contributed by atoms with Crippen molar-refractivity contribution in [2.24, 2.45) is 10.9 Å². The Hall–Kier alpha value is -1.80. The van der Waals surface area contributed by atoms with Gasteiger partial charge in [0.1, 0.15) is 0 Å². The first-order valence-corrected chi connectivity index (χ1v) is 9.87. The van der Waals surface area contributed by atoms with E-state index in [4.69, 9.17) is 0 Å². The minimum atomic E-state index is -4.33. The average Bonchev–Trinajstić information content (AvgIpc) is 2.68. The molecule has 1 aromatic carbocycles. The lowest BCUT2D eigenvalue weighted by Crippen LogP contribution is -2.48. The molecule has 1 atom stereocenters. The lowest BCUT2D eigenvalue weighted by Gasteiger charge is -2.35. The van der Waals surface area contributed by atoms with E-state index < -0.39 is 11.7 Å². The number of piperazine rings is 1. The summed E-state index contributed by atoms with van der Waals surface area (Å²) in [4.78, 5) is 9.11. The Kier molecular flexibility index (Phi) is 8.57. The van der Waals surface area contributed by atoms with Crippen molar-refractivity contribution in [1.29, 1.82) is 0 Å². The van der Waals surface area contributed by atoms with Crippen LogP contribution < -0.4 is 10.6 Å². The van der Waals surface area contributed by atoms with Gasteiger partial charge in [0.25, 0.3) is 0 Å². The highest BCUT2D eigenvalue weighted by Crippen LogP contribution is 2.29. The van der Waals surface area contributed by atoms with E-state index >= 15 is 0 Å². The van der Waals surface area contributed by atoms with E-state index in [0.717, 1.165) is 51.9 Å². The Bertz CT molecular complexity index is 625. The number of rotatable bonds is 7. The molecule has 1 heterocycles. The van der Waals surface area contributed by atoms with Crippen LogP contribution in [-0.2, 0) is 12.7 Å². The van der Waals surface area contributed by atoms with E-state index in [1.54, 1.807) is 13.1 Å². The topological polar surface area (TPSA) is 42.9 Å². The zero-order valence-electron chi connectivity index (χ0n) is 17.0. The normalized spacial score (nSPS) is 18.1. The summed E-state index contributed by atoms with van der Waals surface area (Å²) in [5.41, 5.74) is -0.0637. The van der Waals surface area contributed by atoms with Crippen LogP contribution >= 0.6 is 0 Å². The predicted octanol–water partition coefficient (Wildman–Crippen LogP) is 2.64. The third-order valence-corrected chi connectivity index (χ3v) is 5.04. The van der Waals surface area contributed by atoms with Gasteiger partial charge in [0.05, 0.1) is 5.56 Å². The van der Waals surface area contributed by atoms with E-state index in [0.29, 0.717) is 17.4 Å². The zero-order chi connectivity index (χ0) is 20.6. The Morgan fingerprint density at radius 1 is 1.14 bits per heavy atom. The smallest absolute Gasteiger partial charge is 0.356 e. The molecule has 0 aromatic heterocycles. The maximum absolute atomic E-state index is 12.8. The van der Waals surface area contributed by atoms with Crippen molar-refractivity contribution >= 4 is 5.96 Å². The molecule has 1 fully saturated rings. The van der Waals surface area contributed by atoms with Crippen molar-refractivity contribution in [3.05, 3.63) is 35.4 Å². The molecule has 0 bridgehead atoms. The summed E-state index contributed by atoms with van der Waals surface area (Å²) in [5.74, 6) is 1.04. The first-order valence-electron chi connectivity index (χ1n) is 9.87. The van der Waals surface area contributed by atoms with E-state index in [2.05, 4.69) is 39.3 Å². The standard InChI is InChI=1S/C20H32F3N5/c1-4-27-8-10-28(11-9-27)15-16(2)13-25-19(24-3)26-14-17-6-5-7-18(12-17)20(21,22)23/h5-7,12,16H,4,8-11,13-15H2,1-3H3,(H2,24,25,26). The third kappa shape index (κ3) is 7.31. The van der Waals surface area contributed by atoms with Gasteiger partial charge < -0.3 is 20.4 Å². The lowest BCUT2D eigenvalue weighted by molar-refractivity contribution is -0.137. The van der Waals surface area contributed by atoms with Crippen molar-refractivity contribution in [3.63, 3.8) is 0 Å². The Morgan fingerprint density at radius 2 is 1.82 bits per heavy atom. The van der Waals surface area contributed by atoms with Crippen LogP contribution in [0.5, 0.6) is 0 Å². The van der Waals surface area contributed by atoms with Gasteiger partial charge in [-0.2, -0.15) is 13.2 Å². The van der Waals surface area contributed by atoms with Gasteiger partial charge in [-0.3, -0.25) is 4.99 Å². The second-order valence-corrected chi connectivity index (χ2v) is 7.34. The number of benzene rings is 1. The van der Waals surface area contributed by atoms with Crippen molar-refractivity contribution in [1.82, 2.24) is 20.4 Å². The van der Waals surface area contributed by atoms with Gasteiger partial charge in [-0.25, -0.2) is 0 Å². The second-order valence-electron chi connectivity index (χ2n) is 7.34. The number of likely N-dealkylation sites (N-methyl/N-ethyl adjacent to an activating group) is 1. The molecule has 158 valence electrons. The minimum Gasteiger partial charge on any atom is -0.356 e. The molecular weight excluding hydrogens is 367 g/mol. The number of nitrogens with one attached hydrogen (secondary N) is 2. The van der Waals surface area contributed by atoms with Crippen LogP contribution in [0.1, 0.15) is 25.0 Å². The second kappa shape index (κ2) is 10.7. The SMILES string of the molecule is CCN1CCN(CC(C)CNC(=NC)NCc2cccc(C(F)(F)F)c2)CC1. The van der Waals surface area contributed by atoms with Gasteiger partial charge in [0.2, 0.25) is 0 Å². The Morgan fingerprint density at radius 3 is 2.43 bits per heavy atom. The molecular formula is C20H32F3N5. The number of alkyl halides is 3. The lowest BCUT2D eigenvalue weighted by atomic mass is 10.1. The predicted molar refractivity (Wildman–Crippen MR) is 107 cm³/mol. The quantitative estimate of drug-likeness (QED) is 0.547. The molecule has 1 unspecified atom stereocenters. The van der Waals surface area contributed by atoms with Crippen LogP contribution in [0.15, 0.2) is 29.3 Å². The average molecular weight is 400 g/mol. The molecule has 0 saturated carbocycles. The summed E-state index contributed by atoms with van der Waals surface area (Å²) in [6.07, 6.45) is -4.33.